The Morgan fingerprint density at radius 1 is 0.900 bits per heavy atom. The number of hydrogen-bond donors (Lipinski definition) is 0. The van der Waals surface area contributed by atoms with Crippen LogP contribution >= 0.6 is 0 Å². The Balaban J connectivity index is 1.54. The Morgan fingerprint density at radius 3 is 2.17 bits per heavy atom. The minimum atomic E-state index is -5.07. The van der Waals surface area contributed by atoms with Gasteiger partial charge in [-0.3, -0.25) is 0 Å². The standard InChI is InChI=1S/C22H28F6O2/c1-2-3-14-4-5-16(12-14)15-6-8-17(9-7-15)21(24,25)29-18-10-11-20(19(23)13-18)30-22(26,27)28/h10-11,13-17H,2-9,12H2,1H3. The first-order valence-corrected chi connectivity index (χ1v) is 10.7. The highest BCUT2D eigenvalue weighted by Gasteiger charge is 2.45. The fourth-order valence-corrected chi connectivity index (χ4v) is 5.13. The highest BCUT2D eigenvalue weighted by Crippen LogP contribution is 2.47. The third kappa shape index (κ3) is 5.97. The van der Waals surface area contributed by atoms with E-state index in [1.807, 2.05) is 0 Å². The van der Waals surface area contributed by atoms with Crippen LogP contribution in [0.5, 0.6) is 11.5 Å². The average Bonchev–Trinajstić information content (AvgIpc) is 3.12. The summed E-state index contributed by atoms with van der Waals surface area (Å²) >= 11 is 0. The number of alkyl halides is 5. The van der Waals surface area contributed by atoms with Gasteiger partial charge in [-0.15, -0.1) is 13.2 Å². The summed E-state index contributed by atoms with van der Waals surface area (Å²) in [5.41, 5.74) is 0. The number of halogens is 6. The molecule has 30 heavy (non-hydrogen) atoms. The molecule has 0 heterocycles. The molecule has 2 atom stereocenters. The lowest BCUT2D eigenvalue weighted by Gasteiger charge is -2.35. The van der Waals surface area contributed by atoms with Crippen molar-refractivity contribution >= 4 is 0 Å². The lowest BCUT2D eigenvalue weighted by Crippen LogP contribution is -2.38. The van der Waals surface area contributed by atoms with E-state index < -0.39 is 35.7 Å². The normalized spacial score (nSPS) is 27.8. The van der Waals surface area contributed by atoms with Crippen molar-refractivity contribution in [3.63, 3.8) is 0 Å². The van der Waals surface area contributed by atoms with E-state index in [0.29, 0.717) is 36.8 Å². The van der Waals surface area contributed by atoms with E-state index in [1.54, 1.807) is 0 Å². The molecule has 0 bridgehead atoms. The molecule has 2 unspecified atom stereocenters. The van der Waals surface area contributed by atoms with Gasteiger partial charge in [-0.1, -0.05) is 26.2 Å². The molecule has 0 aliphatic heterocycles. The summed E-state index contributed by atoms with van der Waals surface area (Å²) in [5.74, 6) is -2.16. The van der Waals surface area contributed by atoms with Crippen molar-refractivity contribution in [1.29, 1.82) is 0 Å². The third-order valence-corrected chi connectivity index (χ3v) is 6.58. The molecule has 2 saturated carbocycles. The Labute approximate surface area is 172 Å². The Morgan fingerprint density at radius 2 is 1.57 bits per heavy atom. The first kappa shape index (κ1) is 23.1. The topological polar surface area (TPSA) is 18.5 Å². The van der Waals surface area contributed by atoms with Crippen LogP contribution in [0.4, 0.5) is 26.3 Å². The van der Waals surface area contributed by atoms with Crippen LogP contribution in [0, 0.1) is 29.5 Å². The molecular formula is C22H28F6O2. The van der Waals surface area contributed by atoms with E-state index in [9.17, 15) is 26.3 Å². The molecule has 170 valence electrons. The number of hydrogen-bond acceptors (Lipinski definition) is 2. The van der Waals surface area contributed by atoms with Crippen molar-refractivity contribution in [2.45, 2.75) is 77.2 Å². The third-order valence-electron chi connectivity index (χ3n) is 6.58. The fraction of sp³-hybridized carbons (Fsp3) is 0.727. The van der Waals surface area contributed by atoms with Crippen molar-refractivity contribution in [2.24, 2.45) is 23.7 Å². The molecular weight excluding hydrogens is 410 g/mol. The highest BCUT2D eigenvalue weighted by atomic mass is 19.4. The predicted octanol–water partition coefficient (Wildman–Crippen LogP) is 7.72. The molecule has 3 rings (SSSR count). The molecule has 0 amide bonds. The van der Waals surface area contributed by atoms with Gasteiger partial charge < -0.3 is 9.47 Å². The summed E-state index contributed by atoms with van der Waals surface area (Å²) < 4.78 is 87.8. The molecule has 2 aliphatic carbocycles. The van der Waals surface area contributed by atoms with Gasteiger partial charge in [0.2, 0.25) is 0 Å². The van der Waals surface area contributed by atoms with E-state index >= 15 is 0 Å². The van der Waals surface area contributed by atoms with E-state index in [-0.39, 0.29) is 0 Å². The zero-order valence-corrected chi connectivity index (χ0v) is 17.0. The second-order valence-corrected chi connectivity index (χ2v) is 8.64. The van der Waals surface area contributed by atoms with Crippen LogP contribution < -0.4 is 9.47 Å². The van der Waals surface area contributed by atoms with Gasteiger partial charge in [0.25, 0.3) is 0 Å². The van der Waals surface area contributed by atoms with Crippen molar-refractivity contribution in [3.8, 4) is 11.5 Å². The molecule has 0 saturated heterocycles. The molecule has 2 nitrogen and oxygen atoms in total. The molecule has 2 aliphatic rings. The van der Waals surface area contributed by atoms with Crippen LogP contribution in [0.3, 0.4) is 0 Å². The molecule has 1 aromatic carbocycles. The SMILES string of the molecule is CCCC1CCC(C2CCC(C(F)(F)Oc3ccc(OC(F)(F)F)c(F)c3)CC2)C1. The maximum atomic E-state index is 14.6. The van der Waals surface area contributed by atoms with E-state index in [2.05, 4.69) is 11.7 Å². The van der Waals surface area contributed by atoms with Gasteiger partial charge in [0.05, 0.1) is 5.92 Å². The Kier molecular flexibility index (Phi) is 7.13. The van der Waals surface area contributed by atoms with Crippen LogP contribution in [0.25, 0.3) is 0 Å². The zero-order chi connectivity index (χ0) is 21.9. The molecule has 0 spiro atoms. The van der Waals surface area contributed by atoms with Gasteiger partial charge >= 0.3 is 12.5 Å². The average molecular weight is 438 g/mol. The molecule has 2 fully saturated rings. The van der Waals surface area contributed by atoms with E-state index in [0.717, 1.165) is 24.8 Å². The number of ether oxygens (including phenoxy) is 2. The van der Waals surface area contributed by atoms with Gasteiger partial charge in [0.1, 0.15) is 5.75 Å². The first-order chi connectivity index (χ1) is 14.1. The van der Waals surface area contributed by atoms with Crippen molar-refractivity contribution < 1.29 is 35.8 Å². The zero-order valence-electron chi connectivity index (χ0n) is 17.0. The predicted molar refractivity (Wildman–Crippen MR) is 99.8 cm³/mol. The lowest BCUT2D eigenvalue weighted by atomic mass is 9.74. The van der Waals surface area contributed by atoms with E-state index in [4.69, 9.17) is 4.74 Å². The first-order valence-electron chi connectivity index (χ1n) is 10.7. The summed E-state index contributed by atoms with van der Waals surface area (Å²) in [7, 11) is 0. The molecule has 1 aromatic rings. The summed E-state index contributed by atoms with van der Waals surface area (Å²) in [6, 6.07) is 1.99. The monoisotopic (exact) mass is 438 g/mol. The quantitative estimate of drug-likeness (QED) is 0.406. The summed E-state index contributed by atoms with van der Waals surface area (Å²) in [6.45, 7) is 2.18. The summed E-state index contributed by atoms with van der Waals surface area (Å²) in [4.78, 5) is 0. The van der Waals surface area contributed by atoms with Gasteiger partial charge in [-0.2, -0.15) is 8.78 Å². The minimum Gasteiger partial charge on any atom is -0.432 e. The van der Waals surface area contributed by atoms with Gasteiger partial charge in [0, 0.05) is 6.07 Å². The molecule has 0 radical (unpaired) electrons. The molecule has 8 heteroatoms. The minimum absolute atomic E-state index is 0.324. The van der Waals surface area contributed by atoms with Crippen LogP contribution in [0.1, 0.15) is 64.7 Å². The van der Waals surface area contributed by atoms with E-state index in [1.165, 1.54) is 32.1 Å². The molecule has 0 aromatic heterocycles. The second-order valence-electron chi connectivity index (χ2n) is 8.64. The van der Waals surface area contributed by atoms with Crippen LogP contribution in [0.2, 0.25) is 0 Å². The smallest absolute Gasteiger partial charge is 0.432 e. The summed E-state index contributed by atoms with van der Waals surface area (Å²) in [6.07, 6.45) is -0.462. The lowest BCUT2D eigenvalue weighted by molar-refractivity contribution is -0.275. The molecule has 0 N–H and O–H groups in total. The van der Waals surface area contributed by atoms with Crippen LogP contribution in [-0.2, 0) is 0 Å². The largest absolute Gasteiger partial charge is 0.573 e. The van der Waals surface area contributed by atoms with Crippen molar-refractivity contribution in [2.75, 3.05) is 0 Å². The van der Waals surface area contributed by atoms with Crippen LogP contribution in [-0.4, -0.2) is 12.5 Å². The highest BCUT2D eigenvalue weighted by molar-refractivity contribution is 5.33. The van der Waals surface area contributed by atoms with Gasteiger partial charge in [-0.25, -0.2) is 4.39 Å². The summed E-state index contributed by atoms with van der Waals surface area (Å²) in [5, 5.41) is 0. The maximum Gasteiger partial charge on any atom is 0.573 e. The van der Waals surface area contributed by atoms with Crippen LogP contribution in [0.15, 0.2) is 18.2 Å². The Hall–Kier alpha value is -1.60. The van der Waals surface area contributed by atoms with Gasteiger partial charge in [0.15, 0.2) is 11.6 Å². The van der Waals surface area contributed by atoms with Crippen molar-refractivity contribution in [3.05, 3.63) is 24.0 Å². The van der Waals surface area contributed by atoms with Crippen molar-refractivity contribution in [1.82, 2.24) is 0 Å². The maximum absolute atomic E-state index is 14.6. The number of benzene rings is 1. The number of rotatable bonds is 7. The Bertz CT molecular complexity index is 697. The van der Waals surface area contributed by atoms with Gasteiger partial charge in [-0.05, 0) is 68.4 Å². The fourth-order valence-electron chi connectivity index (χ4n) is 5.13. The second kappa shape index (κ2) is 9.27.